The third-order valence-electron chi connectivity index (χ3n) is 3.18. The minimum atomic E-state index is -0.416. The lowest BCUT2D eigenvalue weighted by Gasteiger charge is -2.23. The fourth-order valence-corrected chi connectivity index (χ4v) is 1.66. The fourth-order valence-electron chi connectivity index (χ4n) is 1.66. The number of nitrogens with one attached hydrogen (secondary N) is 1. The van der Waals surface area contributed by atoms with Crippen LogP contribution in [-0.4, -0.2) is 31.7 Å². The second kappa shape index (κ2) is 11.8. The second-order valence-electron chi connectivity index (χ2n) is 4.71. The third-order valence-corrected chi connectivity index (χ3v) is 3.18. The average Bonchev–Trinajstić information content (AvgIpc) is 2.34. The average molecular weight is 281 g/mol. The molecule has 0 aromatic carbocycles. The molecule has 0 aromatic heterocycles. The monoisotopic (exact) mass is 280 g/mol. The van der Waals surface area contributed by atoms with Crippen molar-refractivity contribution >= 4 is 18.3 Å². The van der Waals surface area contributed by atoms with Crippen LogP contribution in [0.1, 0.15) is 46.5 Å². The standard InChI is InChI=1S/C13H28N2O2.ClH/c1-5-7-8-11(9-17-4)15-13(16)12(14)10(3)6-2;/h10-12H,5-9,14H2,1-4H3,(H,15,16);1H. The molecule has 18 heavy (non-hydrogen) atoms. The van der Waals surface area contributed by atoms with Crippen LogP contribution in [0.5, 0.6) is 0 Å². The molecule has 0 aliphatic carbocycles. The van der Waals surface area contributed by atoms with Gasteiger partial charge in [0.05, 0.1) is 18.7 Å². The highest BCUT2D eigenvalue weighted by atomic mass is 35.5. The molecule has 0 heterocycles. The molecule has 0 saturated carbocycles. The van der Waals surface area contributed by atoms with Crippen LogP contribution in [0.15, 0.2) is 0 Å². The molecule has 3 unspecified atom stereocenters. The van der Waals surface area contributed by atoms with Crippen molar-refractivity contribution < 1.29 is 9.53 Å². The zero-order chi connectivity index (χ0) is 13.3. The Morgan fingerprint density at radius 1 is 1.39 bits per heavy atom. The Balaban J connectivity index is 0. The number of carbonyl (C=O) groups excluding carboxylic acids is 1. The maximum absolute atomic E-state index is 11.9. The van der Waals surface area contributed by atoms with Crippen LogP contribution in [0.2, 0.25) is 0 Å². The molecule has 0 aromatic rings. The SMILES string of the molecule is CCCCC(COC)NC(=O)C(N)C(C)CC.Cl. The first kappa shape index (κ1) is 20.0. The van der Waals surface area contributed by atoms with E-state index in [2.05, 4.69) is 12.2 Å². The Morgan fingerprint density at radius 3 is 2.44 bits per heavy atom. The molecule has 3 N–H and O–H groups in total. The number of unbranched alkanes of at least 4 members (excludes halogenated alkanes) is 1. The van der Waals surface area contributed by atoms with Crippen LogP contribution >= 0.6 is 12.4 Å². The smallest absolute Gasteiger partial charge is 0.237 e. The van der Waals surface area contributed by atoms with E-state index in [0.29, 0.717) is 6.61 Å². The molecule has 0 fully saturated rings. The molecule has 0 bridgehead atoms. The van der Waals surface area contributed by atoms with E-state index in [9.17, 15) is 4.79 Å². The third kappa shape index (κ3) is 7.90. The number of amides is 1. The van der Waals surface area contributed by atoms with Crippen LogP contribution in [0.25, 0.3) is 0 Å². The molecule has 0 aliphatic rings. The zero-order valence-electron chi connectivity index (χ0n) is 12.1. The lowest BCUT2D eigenvalue weighted by Crippen LogP contribution is -2.49. The van der Waals surface area contributed by atoms with Gasteiger partial charge in [-0.1, -0.05) is 40.0 Å². The molecule has 5 heteroatoms. The van der Waals surface area contributed by atoms with Crippen molar-refractivity contribution in [1.82, 2.24) is 5.32 Å². The summed E-state index contributed by atoms with van der Waals surface area (Å²) in [4.78, 5) is 11.9. The Morgan fingerprint density at radius 2 is 2.00 bits per heavy atom. The number of methoxy groups -OCH3 is 1. The summed E-state index contributed by atoms with van der Waals surface area (Å²) in [5, 5.41) is 2.98. The molecule has 0 aliphatic heterocycles. The van der Waals surface area contributed by atoms with E-state index in [1.54, 1.807) is 7.11 Å². The number of nitrogens with two attached hydrogens (primary N) is 1. The lowest BCUT2D eigenvalue weighted by atomic mass is 9.99. The molecule has 0 radical (unpaired) electrons. The second-order valence-corrected chi connectivity index (χ2v) is 4.71. The lowest BCUT2D eigenvalue weighted by molar-refractivity contribution is -0.124. The molecule has 4 nitrogen and oxygen atoms in total. The Kier molecular flexibility index (Phi) is 13.1. The Labute approximate surface area is 117 Å². The summed E-state index contributed by atoms with van der Waals surface area (Å²) in [6.45, 7) is 6.73. The van der Waals surface area contributed by atoms with Crippen molar-refractivity contribution in [2.24, 2.45) is 11.7 Å². The Bertz CT molecular complexity index is 215. The number of ether oxygens (including phenoxy) is 1. The van der Waals surface area contributed by atoms with Gasteiger partial charge in [-0.3, -0.25) is 4.79 Å². The summed E-state index contributed by atoms with van der Waals surface area (Å²) in [6, 6.07) is -0.330. The van der Waals surface area contributed by atoms with Gasteiger partial charge in [-0.25, -0.2) is 0 Å². The van der Waals surface area contributed by atoms with E-state index >= 15 is 0 Å². The molecule has 1 amide bonds. The number of hydrogen-bond acceptors (Lipinski definition) is 3. The summed E-state index contributed by atoms with van der Waals surface area (Å²) in [7, 11) is 1.65. The summed E-state index contributed by atoms with van der Waals surface area (Å²) >= 11 is 0. The minimum Gasteiger partial charge on any atom is -0.383 e. The minimum absolute atomic E-state index is 0. The van der Waals surface area contributed by atoms with E-state index in [1.165, 1.54) is 0 Å². The first-order valence-corrected chi connectivity index (χ1v) is 6.61. The van der Waals surface area contributed by atoms with E-state index in [-0.39, 0.29) is 30.3 Å². The van der Waals surface area contributed by atoms with Crippen LogP contribution in [-0.2, 0) is 9.53 Å². The maximum Gasteiger partial charge on any atom is 0.237 e. The van der Waals surface area contributed by atoms with Gasteiger partial charge in [0.25, 0.3) is 0 Å². The van der Waals surface area contributed by atoms with Crippen molar-refractivity contribution in [2.45, 2.75) is 58.5 Å². The summed E-state index contributed by atoms with van der Waals surface area (Å²) in [6.07, 6.45) is 4.07. The number of rotatable bonds is 9. The number of hydrogen-bond donors (Lipinski definition) is 2. The van der Waals surface area contributed by atoms with E-state index in [0.717, 1.165) is 25.7 Å². The highest BCUT2D eigenvalue weighted by molar-refractivity contribution is 5.85. The van der Waals surface area contributed by atoms with E-state index in [4.69, 9.17) is 10.5 Å². The molecular formula is C13H29ClN2O2. The van der Waals surface area contributed by atoms with Gasteiger partial charge in [-0.2, -0.15) is 0 Å². The first-order valence-electron chi connectivity index (χ1n) is 6.61. The molecule has 0 spiro atoms. The zero-order valence-corrected chi connectivity index (χ0v) is 12.9. The van der Waals surface area contributed by atoms with Crippen LogP contribution < -0.4 is 11.1 Å². The maximum atomic E-state index is 11.9. The molecule has 3 atom stereocenters. The topological polar surface area (TPSA) is 64.3 Å². The van der Waals surface area contributed by atoms with Gasteiger partial charge in [-0.15, -0.1) is 12.4 Å². The van der Waals surface area contributed by atoms with Crippen molar-refractivity contribution in [1.29, 1.82) is 0 Å². The van der Waals surface area contributed by atoms with Gasteiger partial charge in [0, 0.05) is 7.11 Å². The predicted molar refractivity (Wildman–Crippen MR) is 78.0 cm³/mol. The van der Waals surface area contributed by atoms with Crippen molar-refractivity contribution in [3.8, 4) is 0 Å². The van der Waals surface area contributed by atoms with Crippen LogP contribution in [0.3, 0.4) is 0 Å². The van der Waals surface area contributed by atoms with Gasteiger partial charge in [-0.05, 0) is 12.3 Å². The van der Waals surface area contributed by atoms with Crippen LogP contribution in [0, 0.1) is 5.92 Å². The van der Waals surface area contributed by atoms with E-state index < -0.39 is 6.04 Å². The Hall–Kier alpha value is -0.320. The first-order chi connectivity index (χ1) is 8.06. The highest BCUT2D eigenvalue weighted by Gasteiger charge is 2.21. The number of halogens is 1. The summed E-state index contributed by atoms with van der Waals surface area (Å²) in [5.41, 5.74) is 5.89. The van der Waals surface area contributed by atoms with Gasteiger partial charge < -0.3 is 15.8 Å². The molecule has 0 rings (SSSR count). The van der Waals surface area contributed by atoms with E-state index in [1.807, 2.05) is 13.8 Å². The molecule has 0 saturated heterocycles. The van der Waals surface area contributed by atoms with Crippen molar-refractivity contribution in [2.75, 3.05) is 13.7 Å². The predicted octanol–water partition coefficient (Wildman–Crippen LogP) is 2.10. The van der Waals surface area contributed by atoms with Gasteiger partial charge in [0.2, 0.25) is 5.91 Å². The van der Waals surface area contributed by atoms with Gasteiger partial charge in [0.15, 0.2) is 0 Å². The highest BCUT2D eigenvalue weighted by Crippen LogP contribution is 2.07. The van der Waals surface area contributed by atoms with Crippen LogP contribution in [0.4, 0.5) is 0 Å². The van der Waals surface area contributed by atoms with Gasteiger partial charge in [0.1, 0.15) is 0 Å². The fraction of sp³-hybridized carbons (Fsp3) is 0.923. The van der Waals surface area contributed by atoms with Gasteiger partial charge >= 0.3 is 0 Å². The quantitative estimate of drug-likeness (QED) is 0.680. The van der Waals surface area contributed by atoms with Crippen molar-refractivity contribution in [3.05, 3.63) is 0 Å². The van der Waals surface area contributed by atoms with Crippen molar-refractivity contribution in [3.63, 3.8) is 0 Å². The molecule has 110 valence electrons. The number of carbonyl (C=O) groups is 1. The summed E-state index contributed by atoms with van der Waals surface area (Å²) in [5.74, 6) is 0.155. The largest absolute Gasteiger partial charge is 0.383 e. The summed E-state index contributed by atoms with van der Waals surface area (Å²) < 4.78 is 5.11. The molecular weight excluding hydrogens is 252 g/mol. The normalized spacial score (nSPS) is 15.4.